The Morgan fingerprint density at radius 3 is 2.77 bits per heavy atom. The van der Waals surface area contributed by atoms with Crippen molar-refractivity contribution in [2.24, 2.45) is 0 Å². The number of hydrogen-bond donors (Lipinski definition) is 1. The Balaban J connectivity index is 3.34. The zero-order valence-electron chi connectivity index (χ0n) is 7.04. The summed E-state index contributed by atoms with van der Waals surface area (Å²) in [5.74, 6) is -0.540. The lowest BCUT2D eigenvalue weighted by molar-refractivity contribution is 0.275. The Labute approximate surface area is 75.0 Å². The van der Waals surface area contributed by atoms with Gasteiger partial charge in [0.05, 0.1) is 13.7 Å². The summed E-state index contributed by atoms with van der Waals surface area (Å²) in [7, 11) is 1.36. The van der Waals surface area contributed by atoms with Gasteiger partial charge in [0.25, 0.3) is 0 Å². The first-order valence-electron chi connectivity index (χ1n) is 3.61. The third kappa shape index (κ3) is 1.60. The van der Waals surface area contributed by atoms with Crippen molar-refractivity contribution in [2.75, 3.05) is 7.11 Å². The number of rotatable bonds is 2. The molecule has 1 rings (SSSR count). The smallest absolute Gasteiger partial charge is 0.150 e. The maximum Gasteiger partial charge on any atom is 0.150 e. The number of methoxy groups -OCH3 is 1. The largest absolute Gasteiger partial charge is 0.495 e. The fourth-order valence-electron chi connectivity index (χ4n) is 0.998. The predicted molar refractivity (Wildman–Crippen MR) is 43.6 cm³/mol. The maximum absolute atomic E-state index is 13.3. The first-order valence-corrected chi connectivity index (χ1v) is 3.61. The molecule has 0 unspecified atom stereocenters. The lowest BCUT2D eigenvalue weighted by Crippen LogP contribution is -1.97. The van der Waals surface area contributed by atoms with Gasteiger partial charge in [-0.1, -0.05) is 6.07 Å². The van der Waals surface area contributed by atoms with Gasteiger partial charge in [0.15, 0.2) is 0 Å². The van der Waals surface area contributed by atoms with Gasteiger partial charge in [-0.25, -0.2) is 4.39 Å². The summed E-state index contributed by atoms with van der Waals surface area (Å²) in [5.41, 5.74) is -0.0774. The SMILES string of the molecule is COc1ccc(CO)c(F)c1C#N. The van der Waals surface area contributed by atoms with Crippen LogP contribution in [0.4, 0.5) is 4.39 Å². The first kappa shape index (κ1) is 9.49. The molecule has 68 valence electrons. The van der Waals surface area contributed by atoms with Crippen molar-refractivity contribution in [1.29, 1.82) is 5.26 Å². The zero-order valence-corrected chi connectivity index (χ0v) is 7.04. The number of aliphatic hydroxyl groups is 1. The van der Waals surface area contributed by atoms with Crippen molar-refractivity contribution in [3.63, 3.8) is 0 Å². The fraction of sp³-hybridized carbons (Fsp3) is 0.222. The second-order valence-corrected chi connectivity index (χ2v) is 2.39. The van der Waals surface area contributed by atoms with E-state index < -0.39 is 12.4 Å². The lowest BCUT2D eigenvalue weighted by Gasteiger charge is -2.05. The van der Waals surface area contributed by atoms with E-state index in [1.54, 1.807) is 6.07 Å². The Hall–Kier alpha value is -1.60. The highest BCUT2D eigenvalue weighted by atomic mass is 19.1. The van der Waals surface area contributed by atoms with Crippen molar-refractivity contribution < 1.29 is 14.2 Å². The molecule has 0 spiro atoms. The maximum atomic E-state index is 13.3. The Morgan fingerprint density at radius 1 is 1.62 bits per heavy atom. The fourth-order valence-corrected chi connectivity index (χ4v) is 0.998. The van der Waals surface area contributed by atoms with Gasteiger partial charge in [-0.05, 0) is 6.07 Å². The van der Waals surface area contributed by atoms with Crippen LogP contribution in [0.3, 0.4) is 0 Å². The van der Waals surface area contributed by atoms with Crippen molar-refractivity contribution in [2.45, 2.75) is 6.61 Å². The quantitative estimate of drug-likeness (QED) is 0.745. The van der Waals surface area contributed by atoms with Crippen molar-refractivity contribution in [1.82, 2.24) is 0 Å². The van der Waals surface area contributed by atoms with E-state index in [0.717, 1.165) is 0 Å². The Morgan fingerprint density at radius 2 is 2.31 bits per heavy atom. The average Bonchev–Trinajstić information content (AvgIpc) is 2.17. The molecule has 0 saturated carbocycles. The molecule has 0 aliphatic rings. The Kier molecular flexibility index (Phi) is 2.83. The van der Waals surface area contributed by atoms with E-state index in [4.69, 9.17) is 15.1 Å². The van der Waals surface area contributed by atoms with Crippen LogP contribution < -0.4 is 4.74 Å². The molecule has 0 saturated heterocycles. The number of ether oxygens (including phenoxy) is 1. The summed E-state index contributed by atoms with van der Waals surface area (Å²) in [6.45, 7) is -0.426. The van der Waals surface area contributed by atoms with Gasteiger partial charge < -0.3 is 9.84 Å². The zero-order chi connectivity index (χ0) is 9.84. The van der Waals surface area contributed by atoms with Crippen LogP contribution in [-0.4, -0.2) is 12.2 Å². The molecule has 0 aromatic heterocycles. The molecule has 0 atom stereocenters. The number of benzene rings is 1. The molecule has 0 fully saturated rings. The van der Waals surface area contributed by atoms with E-state index in [9.17, 15) is 4.39 Å². The van der Waals surface area contributed by atoms with E-state index >= 15 is 0 Å². The number of hydrogen-bond acceptors (Lipinski definition) is 3. The highest BCUT2D eigenvalue weighted by Crippen LogP contribution is 2.23. The monoisotopic (exact) mass is 181 g/mol. The van der Waals surface area contributed by atoms with E-state index in [1.807, 2.05) is 0 Å². The van der Waals surface area contributed by atoms with E-state index in [0.29, 0.717) is 0 Å². The number of aliphatic hydroxyl groups excluding tert-OH is 1. The summed E-state index contributed by atoms with van der Waals surface area (Å²) < 4.78 is 18.0. The molecule has 0 amide bonds. The predicted octanol–water partition coefficient (Wildman–Crippen LogP) is 1.20. The molecule has 13 heavy (non-hydrogen) atoms. The standard InChI is InChI=1S/C9H8FNO2/c1-13-8-3-2-6(5-12)9(10)7(8)4-11/h2-3,12H,5H2,1H3. The normalized spacial score (nSPS) is 9.38. The van der Waals surface area contributed by atoms with Gasteiger partial charge in [0.1, 0.15) is 23.2 Å². The van der Waals surface area contributed by atoms with Crippen LogP contribution in [0.1, 0.15) is 11.1 Å². The van der Waals surface area contributed by atoms with Crippen LogP contribution in [0.15, 0.2) is 12.1 Å². The van der Waals surface area contributed by atoms with E-state index in [-0.39, 0.29) is 16.9 Å². The van der Waals surface area contributed by atoms with Gasteiger partial charge in [-0.3, -0.25) is 0 Å². The molecule has 1 N–H and O–H groups in total. The molecular formula is C9H8FNO2. The van der Waals surface area contributed by atoms with Crippen molar-refractivity contribution in [3.8, 4) is 11.8 Å². The van der Waals surface area contributed by atoms with Crippen LogP contribution in [-0.2, 0) is 6.61 Å². The van der Waals surface area contributed by atoms with Gasteiger partial charge in [-0.15, -0.1) is 0 Å². The third-order valence-corrected chi connectivity index (χ3v) is 1.69. The van der Waals surface area contributed by atoms with Crippen LogP contribution in [0.2, 0.25) is 0 Å². The van der Waals surface area contributed by atoms with E-state index in [1.165, 1.54) is 19.2 Å². The highest BCUT2D eigenvalue weighted by molar-refractivity contribution is 5.46. The minimum atomic E-state index is -0.718. The van der Waals surface area contributed by atoms with E-state index in [2.05, 4.69) is 0 Å². The molecule has 1 aromatic rings. The second-order valence-electron chi connectivity index (χ2n) is 2.39. The molecule has 3 nitrogen and oxygen atoms in total. The van der Waals surface area contributed by atoms with Crippen LogP contribution in [0.25, 0.3) is 0 Å². The van der Waals surface area contributed by atoms with Crippen LogP contribution in [0.5, 0.6) is 5.75 Å². The molecule has 0 heterocycles. The van der Waals surface area contributed by atoms with Gasteiger partial charge in [0, 0.05) is 5.56 Å². The van der Waals surface area contributed by atoms with Crippen LogP contribution >= 0.6 is 0 Å². The second kappa shape index (κ2) is 3.87. The molecular weight excluding hydrogens is 173 g/mol. The summed E-state index contributed by atoms with van der Waals surface area (Å²) in [4.78, 5) is 0. The summed E-state index contributed by atoms with van der Waals surface area (Å²) in [6, 6.07) is 4.51. The van der Waals surface area contributed by atoms with Gasteiger partial charge in [0.2, 0.25) is 0 Å². The Bertz CT molecular complexity index is 357. The molecule has 0 bridgehead atoms. The minimum absolute atomic E-state index is 0.0948. The number of nitrogens with zero attached hydrogens (tertiary/aromatic N) is 1. The van der Waals surface area contributed by atoms with Gasteiger partial charge >= 0.3 is 0 Å². The molecule has 0 aliphatic carbocycles. The van der Waals surface area contributed by atoms with Crippen LogP contribution in [0, 0.1) is 17.1 Å². The molecule has 0 radical (unpaired) electrons. The third-order valence-electron chi connectivity index (χ3n) is 1.69. The molecule has 4 heteroatoms. The lowest BCUT2D eigenvalue weighted by atomic mass is 10.1. The topological polar surface area (TPSA) is 53.2 Å². The van der Waals surface area contributed by atoms with Crippen molar-refractivity contribution in [3.05, 3.63) is 29.1 Å². The summed E-state index contributed by atoms with van der Waals surface area (Å²) in [6.07, 6.45) is 0. The molecule has 0 aliphatic heterocycles. The average molecular weight is 181 g/mol. The van der Waals surface area contributed by atoms with Gasteiger partial charge in [-0.2, -0.15) is 5.26 Å². The first-order chi connectivity index (χ1) is 6.24. The van der Waals surface area contributed by atoms with Crippen molar-refractivity contribution >= 4 is 0 Å². The minimum Gasteiger partial charge on any atom is -0.495 e. The number of halogens is 1. The number of nitriles is 1. The highest BCUT2D eigenvalue weighted by Gasteiger charge is 2.12. The summed E-state index contributed by atoms with van der Waals surface area (Å²) in [5, 5.41) is 17.3. The summed E-state index contributed by atoms with van der Waals surface area (Å²) >= 11 is 0. The molecule has 1 aromatic carbocycles.